The monoisotopic (exact) mass is 557 g/mol. The van der Waals surface area contributed by atoms with E-state index in [1.807, 2.05) is 0 Å². The van der Waals surface area contributed by atoms with Gasteiger partial charge in [0, 0.05) is 12.1 Å². The number of carbonyl (C=O) groups is 1. The molecule has 1 unspecified atom stereocenters. The van der Waals surface area contributed by atoms with E-state index in [0.29, 0.717) is 12.1 Å². The van der Waals surface area contributed by atoms with E-state index in [2.05, 4.69) is 0 Å². The summed E-state index contributed by atoms with van der Waals surface area (Å²) in [5.74, 6) is -2.95. The lowest BCUT2D eigenvalue weighted by atomic mass is 9.85. The van der Waals surface area contributed by atoms with Crippen molar-refractivity contribution < 1.29 is 39.2 Å². The second-order valence-corrected chi connectivity index (χ2v) is 12.6. The minimum Gasteiger partial charge on any atom is -0.294 e. The van der Waals surface area contributed by atoms with Gasteiger partial charge in [0.25, 0.3) is 20.0 Å². The molecule has 0 aliphatic heterocycles. The zero-order valence-corrected chi connectivity index (χ0v) is 21.3. The van der Waals surface area contributed by atoms with Gasteiger partial charge in [0.2, 0.25) is 0 Å². The van der Waals surface area contributed by atoms with Crippen molar-refractivity contribution in [1.29, 1.82) is 0 Å². The van der Waals surface area contributed by atoms with Crippen LogP contribution in [0.2, 0.25) is 0 Å². The molecule has 0 N–H and O–H groups in total. The van der Waals surface area contributed by atoms with Crippen LogP contribution in [0.1, 0.15) is 29.8 Å². The molecule has 0 saturated heterocycles. The molecule has 0 spiro atoms. The van der Waals surface area contributed by atoms with Crippen LogP contribution in [0.15, 0.2) is 94.7 Å². The molecule has 0 amide bonds. The quantitative estimate of drug-likeness (QED) is 0.262. The molecule has 3 aromatic rings. The van der Waals surface area contributed by atoms with E-state index in [9.17, 15) is 34.8 Å². The van der Waals surface area contributed by atoms with E-state index in [1.165, 1.54) is 36.4 Å². The molecular weight excluding hydrogens is 534 g/mol. The van der Waals surface area contributed by atoms with Crippen LogP contribution in [0.4, 0.5) is 17.6 Å². The fourth-order valence-electron chi connectivity index (χ4n) is 3.53. The maximum Gasteiger partial charge on any atom is 0.416 e. The SMILES string of the molecule is CC(C)(F)C(CN(S(=O)(=O)c1ccccc1)S(=O)(=O)c1ccccc1)C(=O)c1ccc(C(F)(F)F)cc1. The summed E-state index contributed by atoms with van der Waals surface area (Å²) in [4.78, 5) is 12.5. The van der Waals surface area contributed by atoms with Crippen LogP contribution >= 0.6 is 0 Å². The lowest BCUT2D eigenvalue weighted by Gasteiger charge is -2.31. The van der Waals surface area contributed by atoms with E-state index in [4.69, 9.17) is 0 Å². The largest absolute Gasteiger partial charge is 0.416 e. The van der Waals surface area contributed by atoms with Crippen LogP contribution < -0.4 is 0 Å². The Morgan fingerprint density at radius 3 is 1.49 bits per heavy atom. The van der Waals surface area contributed by atoms with Gasteiger partial charge in [-0.1, -0.05) is 52.2 Å². The number of halogens is 4. The first-order chi connectivity index (χ1) is 17.1. The lowest BCUT2D eigenvalue weighted by Crippen LogP contribution is -2.47. The van der Waals surface area contributed by atoms with Crippen molar-refractivity contribution in [2.75, 3.05) is 6.54 Å². The van der Waals surface area contributed by atoms with Crippen molar-refractivity contribution in [3.63, 3.8) is 0 Å². The highest BCUT2D eigenvalue weighted by Gasteiger charge is 2.45. The summed E-state index contributed by atoms with van der Waals surface area (Å²) in [6, 6.07) is 16.0. The van der Waals surface area contributed by atoms with Gasteiger partial charge in [-0.15, -0.1) is 0 Å². The second kappa shape index (κ2) is 10.3. The first kappa shape index (κ1) is 28.5. The van der Waals surface area contributed by atoms with Gasteiger partial charge in [0.15, 0.2) is 5.78 Å². The summed E-state index contributed by atoms with van der Waals surface area (Å²) < 4.78 is 108. The first-order valence-electron chi connectivity index (χ1n) is 10.8. The molecule has 0 radical (unpaired) electrons. The second-order valence-electron chi connectivity index (χ2n) is 8.65. The normalized spacial score (nSPS) is 13.9. The Kier molecular flexibility index (Phi) is 7.96. The Labute approximate surface area is 212 Å². The highest BCUT2D eigenvalue weighted by Crippen LogP contribution is 2.33. The smallest absolute Gasteiger partial charge is 0.294 e. The number of alkyl halides is 4. The number of hydrogen-bond donors (Lipinski definition) is 0. The summed E-state index contributed by atoms with van der Waals surface area (Å²) in [5, 5.41) is 0. The molecule has 37 heavy (non-hydrogen) atoms. The Morgan fingerprint density at radius 1 is 0.730 bits per heavy atom. The molecular formula is C25H23F4NO5S2. The van der Waals surface area contributed by atoms with Crippen LogP contribution in [0.25, 0.3) is 0 Å². The van der Waals surface area contributed by atoms with Crippen molar-refractivity contribution in [3.05, 3.63) is 96.1 Å². The third kappa shape index (κ3) is 6.25. The average Bonchev–Trinajstić information content (AvgIpc) is 2.83. The third-order valence-electron chi connectivity index (χ3n) is 5.59. The minimum absolute atomic E-state index is 0.0681. The van der Waals surface area contributed by atoms with Gasteiger partial charge >= 0.3 is 6.18 Å². The number of nitrogens with zero attached hydrogens (tertiary/aromatic N) is 1. The summed E-state index contributed by atoms with van der Waals surface area (Å²) >= 11 is 0. The molecule has 0 aromatic heterocycles. The van der Waals surface area contributed by atoms with E-state index in [-0.39, 0.29) is 9.27 Å². The highest BCUT2D eigenvalue weighted by molar-refractivity contribution is 8.04. The van der Waals surface area contributed by atoms with Crippen molar-refractivity contribution in [2.24, 2.45) is 5.92 Å². The molecule has 198 valence electrons. The lowest BCUT2D eigenvalue weighted by molar-refractivity contribution is -0.137. The van der Waals surface area contributed by atoms with Crippen molar-refractivity contribution >= 4 is 25.8 Å². The molecule has 3 rings (SSSR count). The molecule has 12 heteroatoms. The van der Waals surface area contributed by atoms with Gasteiger partial charge in [-0.3, -0.25) is 4.79 Å². The van der Waals surface area contributed by atoms with Crippen molar-refractivity contribution in [2.45, 2.75) is 35.5 Å². The molecule has 6 nitrogen and oxygen atoms in total. The Morgan fingerprint density at radius 2 is 1.14 bits per heavy atom. The highest BCUT2D eigenvalue weighted by atomic mass is 32.3. The maximum absolute atomic E-state index is 15.4. The van der Waals surface area contributed by atoms with E-state index >= 15 is 4.39 Å². The number of ketones is 1. The Bertz CT molecular complexity index is 1380. The van der Waals surface area contributed by atoms with Gasteiger partial charge in [-0.05, 0) is 50.2 Å². The summed E-state index contributed by atoms with van der Waals surface area (Å²) in [6.45, 7) is 0.794. The summed E-state index contributed by atoms with van der Waals surface area (Å²) in [6.07, 6.45) is -4.68. The van der Waals surface area contributed by atoms with Crippen molar-refractivity contribution in [1.82, 2.24) is 3.71 Å². The fourth-order valence-corrected chi connectivity index (χ4v) is 7.24. The average molecular weight is 558 g/mol. The molecule has 3 aromatic carbocycles. The predicted octanol–water partition coefficient (Wildman–Crippen LogP) is 5.33. The number of carbonyl (C=O) groups excluding carboxylic acids is 1. The maximum atomic E-state index is 15.4. The Hall–Kier alpha value is -3.09. The summed E-state index contributed by atoms with van der Waals surface area (Å²) in [5.41, 5.74) is -3.84. The number of Topliss-reactive ketones (excluding diaryl/α,β-unsaturated/α-hetero) is 1. The van der Waals surface area contributed by atoms with Crippen LogP contribution in [0.3, 0.4) is 0 Å². The molecule has 0 bridgehead atoms. The molecule has 0 aliphatic rings. The van der Waals surface area contributed by atoms with Crippen LogP contribution in [0.5, 0.6) is 0 Å². The minimum atomic E-state index is -4.83. The van der Waals surface area contributed by atoms with Crippen LogP contribution in [0, 0.1) is 5.92 Å². The van der Waals surface area contributed by atoms with Gasteiger partial charge < -0.3 is 0 Å². The van der Waals surface area contributed by atoms with Crippen molar-refractivity contribution in [3.8, 4) is 0 Å². The molecule has 0 aliphatic carbocycles. The van der Waals surface area contributed by atoms with Gasteiger partial charge in [-0.25, -0.2) is 21.2 Å². The number of sulfonamides is 2. The molecule has 0 saturated carbocycles. The standard InChI is InChI=1S/C25H23F4NO5S2/c1-24(2,26)22(23(31)18-13-15-19(16-14-18)25(27,28)29)17-30(36(32,33)20-9-5-3-6-10-20)37(34,35)21-11-7-4-8-12-21/h3-16,22H,17H2,1-2H3. The molecule has 1 atom stereocenters. The van der Waals surface area contributed by atoms with Gasteiger partial charge in [0.05, 0.1) is 21.3 Å². The first-order valence-corrected chi connectivity index (χ1v) is 13.7. The third-order valence-corrected chi connectivity index (χ3v) is 9.88. The Balaban J connectivity index is 2.13. The molecule has 0 fully saturated rings. The van der Waals surface area contributed by atoms with Crippen LogP contribution in [-0.2, 0) is 26.2 Å². The van der Waals surface area contributed by atoms with Crippen LogP contribution in [-0.4, -0.2) is 38.5 Å². The van der Waals surface area contributed by atoms with Gasteiger partial charge in [-0.2, -0.15) is 13.2 Å². The predicted molar refractivity (Wildman–Crippen MR) is 128 cm³/mol. The number of hydrogen-bond acceptors (Lipinski definition) is 5. The van der Waals surface area contributed by atoms with Gasteiger partial charge in [0.1, 0.15) is 5.67 Å². The topological polar surface area (TPSA) is 88.6 Å². The van der Waals surface area contributed by atoms with E-state index < -0.39 is 65.5 Å². The van der Waals surface area contributed by atoms with E-state index in [1.54, 1.807) is 0 Å². The van der Waals surface area contributed by atoms with E-state index in [0.717, 1.165) is 50.2 Å². The fraction of sp³-hybridized carbons (Fsp3) is 0.240. The zero-order valence-electron chi connectivity index (χ0n) is 19.7. The number of benzene rings is 3. The summed E-state index contributed by atoms with van der Waals surface area (Å²) in [7, 11) is -9.65. The molecule has 0 heterocycles. The zero-order chi connectivity index (χ0) is 27.6. The number of rotatable bonds is 9.